The normalized spacial score (nSPS) is 12.0. The van der Waals surface area contributed by atoms with Crippen LogP contribution in [0.15, 0.2) is 24.3 Å². The van der Waals surface area contributed by atoms with E-state index in [-0.39, 0.29) is 28.4 Å². The van der Waals surface area contributed by atoms with Crippen LogP contribution in [0.4, 0.5) is 26.3 Å². The molecule has 0 saturated carbocycles. The highest BCUT2D eigenvalue weighted by Gasteiger charge is 2.39. The molecule has 1 heterocycles. The standard InChI is InChI=1S/C16H13F6NO3/c1-24-10-4-8(5-11(25-2)14(10)26-3)9-6-12(15(17,18)19)23-13(7-9)16(20,21)22/h4-7H,1-3H3. The van der Waals surface area contributed by atoms with E-state index in [4.69, 9.17) is 14.2 Å². The lowest BCUT2D eigenvalue weighted by molar-refractivity contribution is -0.150. The van der Waals surface area contributed by atoms with Gasteiger partial charge in [-0.1, -0.05) is 0 Å². The molecule has 2 aromatic rings. The van der Waals surface area contributed by atoms with Crippen LogP contribution in [0.2, 0.25) is 0 Å². The summed E-state index contributed by atoms with van der Waals surface area (Å²) in [6.07, 6.45) is -10.1. The molecule has 10 heteroatoms. The van der Waals surface area contributed by atoms with E-state index < -0.39 is 23.7 Å². The van der Waals surface area contributed by atoms with Gasteiger partial charge < -0.3 is 14.2 Å². The van der Waals surface area contributed by atoms with Crippen LogP contribution in [0.3, 0.4) is 0 Å². The molecule has 0 bridgehead atoms. The van der Waals surface area contributed by atoms with Crippen LogP contribution in [-0.4, -0.2) is 26.3 Å². The molecule has 0 aliphatic heterocycles. The maximum atomic E-state index is 13.0. The van der Waals surface area contributed by atoms with Crippen molar-refractivity contribution < 1.29 is 40.6 Å². The highest BCUT2D eigenvalue weighted by molar-refractivity contribution is 5.71. The van der Waals surface area contributed by atoms with Gasteiger partial charge in [0.05, 0.1) is 21.3 Å². The Kier molecular flexibility index (Phi) is 5.24. The Morgan fingerprint density at radius 1 is 0.654 bits per heavy atom. The molecule has 2 rings (SSSR count). The molecule has 0 aliphatic rings. The summed E-state index contributed by atoms with van der Waals surface area (Å²) in [6, 6.07) is 3.54. The first-order valence-electron chi connectivity index (χ1n) is 6.98. The van der Waals surface area contributed by atoms with Crippen molar-refractivity contribution in [3.8, 4) is 28.4 Å². The van der Waals surface area contributed by atoms with Crippen molar-refractivity contribution in [2.45, 2.75) is 12.4 Å². The average molecular weight is 381 g/mol. The molecule has 142 valence electrons. The molecule has 1 aromatic heterocycles. The van der Waals surface area contributed by atoms with Crippen LogP contribution >= 0.6 is 0 Å². The van der Waals surface area contributed by atoms with Crippen molar-refractivity contribution in [3.05, 3.63) is 35.7 Å². The van der Waals surface area contributed by atoms with Gasteiger partial charge in [-0.3, -0.25) is 0 Å². The molecule has 0 atom stereocenters. The minimum absolute atomic E-state index is 0.0119. The largest absolute Gasteiger partial charge is 0.493 e. The number of aromatic nitrogens is 1. The summed E-state index contributed by atoms with van der Waals surface area (Å²) < 4.78 is 93.0. The van der Waals surface area contributed by atoms with Gasteiger partial charge in [0.25, 0.3) is 0 Å². The predicted molar refractivity (Wildman–Crippen MR) is 79.3 cm³/mol. The van der Waals surface area contributed by atoms with E-state index in [9.17, 15) is 26.3 Å². The first-order chi connectivity index (χ1) is 12.0. The fraction of sp³-hybridized carbons (Fsp3) is 0.312. The first kappa shape index (κ1) is 19.7. The van der Waals surface area contributed by atoms with Crippen molar-refractivity contribution in [1.29, 1.82) is 0 Å². The van der Waals surface area contributed by atoms with Crippen LogP contribution in [-0.2, 0) is 12.4 Å². The number of rotatable bonds is 4. The van der Waals surface area contributed by atoms with E-state index in [1.54, 1.807) is 0 Å². The summed E-state index contributed by atoms with van der Waals surface area (Å²) in [5.41, 5.74) is -3.65. The number of methoxy groups -OCH3 is 3. The lowest BCUT2D eigenvalue weighted by Crippen LogP contribution is -2.15. The van der Waals surface area contributed by atoms with E-state index in [0.717, 1.165) is 0 Å². The van der Waals surface area contributed by atoms with Crippen LogP contribution in [0.1, 0.15) is 11.4 Å². The van der Waals surface area contributed by atoms with Gasteiger partial charge >= 0.3 is 12.4 Å². The first-order valence-corrected chi connectivity index (χ1v) is 6.98. The molecular weight excluding hydrogens is 368 g/mol. The second-order valence-corrected chi connectivity index (χ2v) is 5.04. The van der Waals surface area contributed by atoms with Gasteiger partial charge in [0.1, 0.15) is 11.4 Å². The number of benzene rings is 1. The van der Waals surface area contributed by atoms with E-state index in [0.29, 0.717) is 12.1 Å². The minimum atomic E-state index is -5.04. The summed E-state index contributed by atoms with van der Waals surface area (Å²) in [4.78, 5) is 2.68. The van der Waals surface area contributed by atoms with E-state index in [1.165, 1.54) is 33.5 Å². The number of hydrogen-bond acceptors (Lipinski definition) is 4. The van der Waals surface area contributed by atoms with Crippen molar-refractivity contribution in [1.82, 2.24) is 4.98 Å². The Bertz CT molecular complexity index is 744. The lowest BCUT2D eigenvalue weighted by Gasteiger charge is -2.16. The van der Waals surface area contributed by atoms with E-state index >= 15 is 0 Å². The van der Waals surface area contributed by atoms with E-state index in [1.807, 2.05) is 0 Å². The van der Waals surface area contributed by atoms with Gasteiger partial charge in [-0.2, -0.15) is 26.3 Å². The second kappa shape index (κ2) is 6.93. The zero-order valence-electron chi connectivity index (χ0n) is 13.7. The Labute approximate surface area is 144 Å². The Hall–Kier alpha value is -2.65. The number of alkyl halides is 6. The Morgan fingerprint density at radius 2 is 1.04 bits per heavy atom. The van der Waals surface area contributed by atoms with Crippen molar-refractivity contribution >= 4 is 0 Å². The van der Waals surface area contributed by atoms with Gasteiger partial charge in [-0.05, 0) is 35.4 Å². The van der Waals surface area contributed by atoms with Crippen molar-refractivity contribution in [2.75, 3.05) is 21.3 Å². The SMILES string of the molecule is COc1cc(-c2cc(C(F)(F)F)nc(C(F)(F)F)c2)cc(OC)c1OC. The third kappa shape index (κ3) is 3.94. The number of ether oxygens (including phenoxy) is 3. The smallest absolute Gasteiger partial charge is 0.433 e. The third-order valence-corrected chi connectivity index (χ3v) is 3.40. The minimum Gasteiger partial charge on any atom is -0.493 e. The highest BCUT2D eigenvalue weighted by atomic mass is 19.4. The molecule has 0 amide bonds. The van der Waals surface area contributed by atoms with Gasteiger partial charge in [0, 0.05) is 0 Å². The summed E-state index contributed by atoms with van der Waals surface area (Å²) in [7, 11) is 3.86. The molecule has 0 radical (unpaired) electrons. The van der Waals surface area contributed by atoms with Crippen LogP contribution in [0.25, 0.3) is 11.1 Å². The summed E-state index contributed by atoms with van der Waals surface area (Å²) >= 11 is 0. The Balaban J connectivity index is 2.75. The molecule has 26 heavy (non-hydrogen) atoms. The fourth-order valence-corrected chi connectivity index (χ4v) is 2.24. The summed E-state index contributed by atoms with van der Waals surface area (Å²) in [5, 5.41) is 0. The molecular formula is C16H13F6NO3. The zero-order chi connectivity index (χ0) is 19.7. The van der Waals surface area contributed by atoms with Gasteiger partial charge in [-0.25, -0.2) is 4.98 Å². The quantitative estimate of drug-likeness (QED) is 0.713. The number of hydrogen-bond donors (Lipinski definition) is 0. The molecule has 4 nitrogen and oxygen atoms in total. The topological polar surface area (TPSA) is 40.6 Å². The second-order valence-electron chi connectivity index (χ2n) is 5.04. The molecule has 0 spiro atoms. The molecule has 0 unspecified atom stereocenters. The molecule has 0 saturated heterocycles. The van der Waals surface area contributed by atoms with Crippen LogP contribution < -0.4 is 14.2 Å². The van der Waals surface area contributed by atoms with Crippen molar-refractivity contribution in [3.63, 3.8) is 0 Å². The molecule has 0 N–H and O–H groups in total. The maximum Gasteiger partial charge on any atom is 0.433 e. The average Bonchev–Trinajstić information content (AvgIpc) is 2.58. The summed E-state index contributed by atoms with van der Waals surface area (Å²) in [5.74, 6) is 0.321. The van der Waals surface area contributed by atoms with Gasteiger partial charge in [0.15, 0.2) is 11.5 Å². The third-order valence-electron chi connectivity index (χ3n) is 3.40. The highest BCUT2D eigenvalue weighted by Crippen LogP contribution is 2.43. The number of pyridine rings is 1. The number of halogens is 6. The van der Waals surface area contributed by atoms with Crippen LogP contribution in [0.5, 0.6) is 17.2 Å². The van der Waals surface area contributed by atoms with E-state index in [2.05, 4.69) is 4.98 Å². The Morgan fingerprint density at radius 3 is 1.35 bits per heavy atom. The summed E-state index contributed by atoms with van der Waals surface area (Å²) in [6.45, 7) is 0. The molecule has 0 aliphatic carbocycles. The fourth-order valence-electron chi connectivity index (χ4n) is 2.24. The molecule has 1 aromatic carbocycles. The van der Waals surface area contributed by atoms with Crippen LogP contribution in [0, 0.1) is 0 Å². The van der Waals surface area contributed by atoms with Gasteiger partial charge in [0.2, 0.25) is 5.75 Å². The van der Waals surface area contributed by atoms with Crippen molar-refractivity contribution in [2.24, 2.45) is 0 Å². The lowest BCUT2D eigenvalue weighted by atomic mass is 10.0. The number of nitrogens with zero attached hydrogens (tertiary/aromatic N) is 1. The zero-order valence-corrected chi connectivity index (χ0v) is 13.7. The molecule has 0 fully saturated rings. The monoisotopic (exact) mass is 381 g/mol. The maximum absolute atomic E-state index is 13.0. The predicted octanol–water partition coefficient (Wildman–Crippen LogP) is 4.81. The van der Waals surface area contributed by atoms with Gasteiger partial charge in [-0.15, -0.1) is 0 Å².